The predicted molar refractivity (Wildman–Crippen MR) is 204 cm³/mol. The number of hydrogen-bond donors (Lipinski definition) is 5. The molecule has 52 heavy (non-hydrogen) atoms. The summed E-state index contributed by atoms with van der Waals surface area (Å²) < 4.78 is 5.82. The van der Waals surface area contributed by atoms with E-state index in [0.29, 0.717) is 34.9 Å². The molecular weight excluding hydrogens is 682 g/mol. The lowest BCUT2D eigenvalue weighted by atomic mass is 9.77. The monoisotopic (exact) mass is 733 g/mol. The van der Waals surface area contributed by atoms with Gasteiger partial charge in [0.05, 0.1) is 35.4 Å². The van der Waals surface area contributed by atoms with Crippen molar-refractivity contribution in [2.75, 3.05) is 63.6 Å². The van der Waals surface area contributed by atoms with E-state index in [1.165, 1.54) is 25.7 Å². The van der Waals surface area contributed by atoms with Gasteiger partial charge in [0.2, 0.25) is 17.7 Å². The van der Waals surface area contributed by atoms with E-state index in [9.17, 15) is 14.4 Å². The van der Waals surface area contributed by atoms with Crippen LogP contribution in [-0.2, 0) is 20.8 Å². The van der Waals surface area contributed by atoms with E-state index in [-0.39, 0.29) is 5.91 Å². The molecule has 3 heterocycles. The van der Waals surface area contributed by atoms with Crippen LogP contribution >= 0.6 is 11.6 Å². The number of rotatable bonds is 14. The van der Waals surface area contributed by atoms with E-state index in [2.05, 4.69) is 52.4 Å². The first-order valence-electron chi connectivity index (χ1n) is 18.4. The predicted octanol–water partition coefficient (Wildman–Crippen LogP) is 3.62. The Morgan fingerprint density at radius 2 is 1.83 bits per heavy atom. The summed E-state index contributed by atoms with van der Waals surface area (Å²) in [5, 5.41) is 16.4. The summed E-state index contributed by atoms with van der Waals surface area (Å²) in [6, 6.07) is 7.77. The van der Waals surface area contributed by atoms with Gasteiger partial charge >= 0.3 is 0 Å². The van der Waals surface area contributed by atoms with E-state index in [1.54, 1.807) is 21.1 Å². The van der Waals surface area contributed by atoms with Gasteiger partial charge < -0.3 is 30.9 Å². The number of carbonyl (C=O) groups is 3. The topological polar surface area (TPSA) is 153 Å². The Balaban J connectivity index is 1.22. The molecule has 1 saturated carbocycles. The first-order chi connectivity index (χ1) is 24.9. The second-order valence-electron chi connectivity index (χ2n) is 15.0. The molecule has 3 aliphatic rings. The first-order valence-corrected chi connectivity index (χ1v) is 18.7. The maximum Gasteiger partial charge on any atom is 0.249 e. The fourth-order valence-electron chi connectivity index (χ4n) is 7.17. The van der Waals surface area contributed by atoms with E-state index in [4.69, 9.17) is 16.3 Å². The number of halogens is 1. The van der Waals surface area contributed by atoms with Gasteiger partial charge in [-0.05, 0) is 93.8 Å². The third-order valence-corrected chi connectivity index (χ3v) is 10.9. The molecule has 0 spiro atoms. The fourth-order valence-corrected chi connectivity index (χ4v) is 7.47. The molecule has 5 N–H and O–H groups in total. The molecule has 280 valence electrons. The van der Waals surface area contributed by atoms with Gasteiger partial charge in [-0.25, -0.2) is 9.97 Å². The highest BCUT2D eigenvalue weighted by Crippen LogP contribution is 2.37. The number of benzene rings is 2. The van der Waals surface area contributed by atoms with Crippen molar-refractivity contribution in [2.45, 2.75) is 71.0 Å². The zero-order valence-electron chi connectivity index (χ0n) is 30.9. The van der Waals surface area contributed by atoms with Gasteiger partial charge in [0.25, 0.3) is 0 Å². The second kappa shape index (κ2) is 16.3. The Kier molecular flexibility index (Phi) is 11.8. The van der Waals surface area contributed by atoms with E-state index in [1.807, 2.05) is 38.1 Å². The van der Waals surface area contributed by atoms with Crippen molar-refractivity contribution in [1.82, 2.24) is 36.1 Å². The minimum Gasteiger partial charge on any atom is -0.496 e. The van der Waals surface area contributed by atoms with Gasteiger partial charge in [0, 0.05) is 49.9 Å². The highest BCUT2D eigenvalue weighted by molar-refractivity contribution is 6.33. The van der Waals surface area contributed by atoms with Crippen LogP contribution in [-0.4, -0.2) is 104 Å². The Hall–Kier alpha value is -4.04. The van der Waals surface area contributed by atoms with Crippen LogP contribution < -0.4 is 36.2 Å². The van der Waals surface area contributed by atoms with Crippen molar-refractivity contribution in [3.05, 3.63) is 47.2 Å². The van der Waals surface area contributed by atoms with E-state index < -0.39 is 35.4 Å². The lowest BCUT2D eigenvalue weighted by Gasteiger charge is -2.36. The third-order valence-electron chi connectivity index (χ3n) is 10.6. The molecule has 0 radical (unpaired) electrons. The van der Waals surface area contributed by atoms with Crippen molar-refractivity contribution < 1.29 is 19.1 Å². The summed E-state index contributed by atoms with van der Waals surface area (Å²) >= 11 is 6.87. The highest BCUT2D eigenvalue weighted by Gasteiger charge is 2.39. The van der Waals surface area contributed by atoms with Gasteiger partial charge in [-0.15, -0.1) is 0 Å². The van der Waals surface area contributed by atoms with Crippen molar-refractivity contribution in [3.8, 4) is 5.75 Å². The number of fused-ring (bicyclic) bond motifs is 1. The average Bonchev–Trinajstić information content (AvgIpc) is 3.76. The molecule has 3 amide bonds. The molecule has 13 nitrogen and oxygen atoms in total. The highest BCUT2D eigenvalue weighted by atomic mass is 35.5. The number of likely N-dealkylation sites (N-methyl/N-ethyl adjacent to an activating group) is 1. The number of hydrogen-bond acceptors (Lipinski definition) is 11. The molecule has 3 aromatic rings. The number of ether oxygens (including phenoxy) is 1. The number of anilines is 3. The Morgan fingerprint density at radius 3 is 2.48 bits per heavy atom. The number of aromatic nitrogens is 2. The molecule has 0 unspecified atom stereocenters. The Bertz CT molecular complexity index is 1770. The van der Waals surface area contributed by atoms with Crippen LogP contribution in [0.1, 0.15) is 52.0 Å². The minimum atomic E-state index is -1.03. The number of amides is 3. The minimum absolute atomic E-state index is 0.317. The third kappa shape index (κ3) is 8.94. The van der Waals surface area contributed by atoms with Crippen LogP contribution in [0.25, 0.3) is 10.9 Å². The lowest BCUT2D eigenvalue weighted by molar-refractivity contribution is -0.137. The molecular formula is C38H52ClN9O4. The molecule has 2 saturated heterocycles. The van der Waals surface area contributed by atoms with Gasteiger partial charge in [0.15, 0.2) is 0 Å². The van der Waals surface area contributed by atoms with E-state index >= 15 is 0 Å². The maximum atomic E-state index is 13.8. The number of carbonyl (C=O) groups excluding carboxylic acids is 3. The van der Waals surface area contributed by atoms with Crippen LogP contribution in [0.3, 0.4) is 0 Å². The summed E-state index contributed by atoms with van der Waals surface area (Å²) in [6.07, 6.45) is 6.06. The standard InChI is InChI=1S/C38H52ClN9O4/c1-23(40-4)35(49)45-33(37(51)46-36(50)29-7-6-12-41-29)38(2,3)20-25-17-27-30(19-32(25)52-5)42-22-43-34(27)44-26-10-11-31(28(39)18-26)48-15-13-47(14-16-48)21-24-8-9-24/h10-11,17-19,22-24,29,33,40-41H,6-9,12-16,20-21H2,1-5H3,(H,45,49)(H,42,43,44)(H,46,50,51)/t23-,29-,33+/m0/s1. The van der Waals surface area contributed by atoms with Gasteiger partial charge in [-0.2, -0.15) is 0 Å². The Morgan fingerprint density at radius 1 is 1.06 bits per heavy atom. The fraction of sp³-hybridized carbons (Fsp3) is 0.553. The molecule has 14 heteroatoms. The van der Waals surface area contributed by atoms with Crippen LogP contribution in [0.2, 0.25) is 5.02 Å². The summed E-state index contributed by atoms with van der Waals surface area (Å²) in [5.74, 6) is 0.745. The number of piperazine rings is 1. The molecule has 2 aromatic carbocycles. The molecule has 0 bridgehead atoms. The van der Waals surface area contributed by atoms with Crippen LogP contribution in [0.4, 0.5) is 17.2 Å². The molecule has 1 aromatic heterocycles. The largest absolute Gasteiger partial charge is 0.496 e. The molecule has 2 aliphatic heterocycles. The molecule has 3 atom stereocenters. The summed E-state index contributed by atoms with van der Waals surface area (Å²) in [5.41, 5.74) is 2.40. The molecule has 6 rings (SSSR count). The number of nitrogens with zero attached hydrogens (tertiary/aromatic N) is 4. The van der Waals surface area contributed by atoms with Crippen molar-refractivity contribution in [2.24, 2.45) is 11.3 Å². The number of nitrogens with one attached hydrogen (secondary N) is 5. The Labute approximate surface area is 311 Å². The summed E-state index contributed by atoms with van der Waals surface area (Å²) in [4.78, 5) is 53.8. The second-order valence-corrected chi connectivity index (χ2v) is 15.5. The SMILES string of the molecule is CN[C@@H](C)C(=O)N[C@H](C(=O)NC(=O)[C@@H]1CCCN1)C(C)(C)Cc1cc2c(Nc3ccc(N4CCN(CC5CC5)CC4)c(Cl)c3)ncnc2cc1OC. The van der Waals surface area contributed by atoms with Crippen molar-refractivity contribution >= 4 is 57.4 Å². The lowest BCUT2D eigenvalue weighted by Crippen LogP contribution is -2.59. The first kappa shape index (κ1) is 37.7. The van der Waals surface area contributed by atoms with Crippen molar-refractivity contribution in [1.29, 1.82) is 0 Å². The van der Waals surface area contributed by atoms with Gasteiger partial charge in [-0.3, -0.25) is 24.6 Å². The number of methoxy groups -OCH3 is 1. The van der Waals surface area contributed by atoms with Crippen LogP contribution in [0, 0.1) is 11.3 Å². The molecule has 3 fully saturated rings. The molecule has 1 aliphatic carbocycles. The van der Waals surface area contributed by atoms with Crippen molar-refractivity contribution in [3.63, 3.8) is 0 Å². The average molecular weight is 734 g/mol. The summed E-state index contributed by atoms with van der Waals surface area (Å²) in [7, 11) is 3.26. The zero-order chi connectivity index (χ0) is 37.0. The van der Waals surface area contributed by atoms with Crippen LogP contribution in [0.15, 0.2) is 36.7 Å². The maximum absolute atomic E-state index is 13.8. The number of imide groups is 1. The summed E-state index contributed by atoms with van der Waals surface area (Å²) in [6.45, 7) is 11.4. The van der Waals surface area contributed by atoms with E-state index in [0.717, 1.165) is 67.4 Å². The van der Waals surface area contributed by atoms with Gasteiger partial charge in [-0.1, -0.05) is 25.4 Å². The quantitative estimate of drug-likeness (QED) is 0.165. The smallest absolute Gasteiger partial charge is 0.249 e. The zero-order valence-corrected chi connectivity index (χ0v) is 31.6. The van der Waals surface area contributed by atoms with Crippen LogP contribution in [0.5, 0.6) is 5.75 Å². The normalized spacial score (nSPS) is 19.3. The van der Waals surface area contributed by atoms with Gasteiger partial charge in [0.1, 0.15) is 23.9 Å².